The summed E-state index contributed by atoms with van der Waals surface area (Å²) in [7, 11) is 0. The summed E-state index contributed by atoms with van der Waals surface area (Å²) < 4.78 is 30.0. The van der Waals surface area contributed by atoms with Crippen LogP contribution in [0, 0.1) is 32.7 Å². The zero-order chi connectivity index (χ0) is 16.1. The molecule has 0 spiro atoms. The van der Waals surface area contributed by atoms with Gasteiger partial charge in [-0.3, -0.25) is 0 Å². The molecule has 0 bridgehead atoms. The molecule has 0 fully saturated rings. The van der Waals surface area contributed by atoms with Gasteiger partial charge in [-0.2, -0.15) is 0 Å². The third-order valence-electron chi connectivity index (χ3n) is 1.22. The Hall–Kier alpha value is -1.89. The number of ketones is 1. The summed E-state index contributed by atoms with van der Waals surface area (Å²) in [6, 6.07) is 9.56. The molecule has 0 unspecified atom stereocenters. The van der Waals surface area contributed by atoms with E-state index in [1.807, 2.05) is 30.3 Å². The fraction of sp³-hybridized carbons (Fsp3) is 0.0714. The normalized spacial score (nSPS) is 6.05. The molecule has 0 N–H and O–H groups in total. The molecule has 0 atom stereocenters. The molecule has 0 aliphatic heterocycles. The third-order valence-corrected chi connectivity index (χ3v) is 1.22. The number of allylic oxidation sites excluding steroid dienone is 1. The van der Waals surface area contributed by atoms with Gasteiger partial charge >= 0.3 is 45.2 Å². The van der Waals surface area contributed by atoms with Gasteiger partial charge in [0.1, 0.15) is 0 Å². The smallest absolute Gasteiger partial charge is 0 e. The van der Waals surface area contributed by atoms with Crippen LogP contribution in [0.25, 0.3) is 0 Å². The summed E-state index contributed by atoms with van der Waals surface area (Å²) in [5.41, 5.74) is 0.933. The Labute approximate surface area is 128 Å². The minimum Gasteiger partial charge on any atom is 0 e. The first kappa shape index (κ1) is 30.8. The maximum absolute atomic E-state index is 10.5. The van der Waals surface area contributed by atoms with Gasteiger partial charge in [0.15, 0.2) is 0 Å². The molecule has 0 aliphatic rings. The molecule has 0 heterocycles. The van der Waals surface area contributed by atoms with Crippen LogP contribution in [0.3, 0.4) is 0 Å². The molecule has 103 valence electrons. The standard InChI is InChI=1S/C10H9O.4CO.Mn/c1-9(11)7-8-10-5-3-2-4-6-10;4*1-2;/h2-7H,1H3;;;;;/q-1;;;;;. The number of hydrogen-bond acceptors (Lipinski definition) is 1. The molecule has 6 heteroatoms. The van der Waals surface area contributed by atoms with Gasteiger partial charge in [0, 0.05) is 17.1 Å². The Morgan fingerprint density at radius 2 is 1.30 bits per heavy atom. The van der Waals surface area contributed by atoms with Crippen LogP contribution >= 0.6 is 0 Å². The van der Waals surface area contributed by atoms with Crippen molar-refractivity contribution in [2.45, 2.75) is 6.92 Å². The first-order valence-electron chi connectivity index (χ1n) is 4.26. The van der Waals surface area contributed by atoms with E-state index < -0.39 is 0 Å². The summed E-state index contributed by atoms with van der Waals surface area (Å²) >= 11 is 0. The van der Waals surface area contributed by atoms with E-state index in [4.69, 9.17) is 18.6 Å². The molecule has 5 nitrogen and oxygen atoms in total. The SMILES string of the molecule is CC(=O)C=[C-]c1ccccc1.[C-]#[O+].[C-]#[O+].[C-]#[O+].[C-]#[O+].[Mn]. The Bertz CT molecular complexity index is 391. The molecule has 0 aliphatic carbocycles. The second kappa shape index (κ2) is 36.0. The van der Waals surface area contributed by atoms with E-state index in [1.54, 1.807) is 0 Å². The number of rotatable bonds is 2. The summed E-state index contributed by atoms with van der Waals surface area (Å²) in [5.74, 6) is 0.0221. The van der Waals surface area contributed by atoms with Crippen LogP contribution in [0.1, 0.15) is 12.5 Å². The van der Waals surface area contributed by atoms with Crippen LogP contribution in [-0.2, 0) is 40.5 Å². The van der Waals surface area contributed by atoms with Gasteiger partial charge in [0.05, 0.1) is 5.78 Å². The van der Waals surface area contributed by atoms with E-state index in [0.29, 0.717) is 0 Å². The monoisotopic (exact) mass is 312 g/mol. The third kappa shape index (κ3) is 29.8. The second-order valence-electron chi connectivity index (χ2n) is 2.27. The van der Waals surface area contributed by atoms with Crippen molar-refractivity contribution in [1.29, 1.82) is 0 Å². The van der Waals surface area contributed by atoms with Gasteiger partial charge in [-0.25, -0.2) is 0 Å². The van der Waals surface area contributed by atoms with Crippen molar-refractivity contribution < 1.29 is 40.5 Å². The van der Waals surface area contributed by atoms with Crippen molar-refractivity contribution in [2.24, 2.45) is 0 Å². The molecule has 0 saturated carbocycles. The molecule has 1 rings (SSSR count). The molecule has 1 radical (unpaired) electrons. The van der Waals surface area contributed by atoms with Crippen molar-refractivity contribution in [1.82, 2.24) is 0 Å². The molecular formula is C14H9MnO5-. The first-order chi connectivity index (χ1) is 9.29. The van der Waals surface area contributed by atoms with Gasteiger partial charge < -0.3 is 4.79 Å². The van der Waals surface area contributed by atoms with Gasteiger partial charge in [0.2, 0.25) is 0 Å². The summed E-state index contributed by atoms with van der Waals surface area (Å²) in [6.45, 7) is 19.5. The maximum Gasteiger partial charge on any atom is 0 e. The minimum atomic E-state index is 0. The number of hydrogen-bond donors (Lipinski definition) is 0. The van der Waals surface area contributed by atoms with E-state index >= 15 is 0 Å². The Kier molecular flexibility index (Phi) is 55.5. The zero-order valence-corrected chi connectivity index (χ0v) is 11.6. The van der Waals surface area contributed by atoms with E-state index in [9.17, 15) is 4.79 Å². The van der Waals surface area contributed by atoms with Crippen LogP contribution in [0.4, 0.5) is 0 Å². The van der Waals surface area contributed by atoms with Crippen LogP contribution in [0.15, 0.2) is 36.4 Å². The quantitative estimate of drug-likeness (QED) is 0.354. The number of carbonyl (C=O) groups is 1. The fourth-order valence-corrected chi connectivity index (χ4v) is 0.719. The molecule has 20 heavy (non-hydrogen) atoms. The Morgan fingerprint density at radius 1 is 0.950 bits per heavy atom. The molecular weight excluding hydrogens is 303 g/mol. The minimum absolute atomic E-state index is 0. The summed E-state index contributed by atoms with van der Waals surface area (Å²) in [6.07, 6.45) is 4.31. The molecule has 0 amide bonds. The first-order valence-corrected chi connectivity index (χ1v) is 4.26. The van der Waals surface area contributed by atoms with Crippen molar-refractivity contribution >= 4 is 5.78 Å². The van der Waals surface area contributed by atoms with E-state index in [0.717, 1.165) is 5.56 Å². The van der Waals surface area contributed by atoms with Crippen molar-refractivity contribution in [3.05, 3.63) is 74.6 Å². The molecule has 0 saturated heterocycles. The van der Waals surface area contributed by atoms with Crippen LogP contribution in [-0.4, -0.2) is 5.78 Å². The fourth-order valence-electron chi connectivity index (χ4n) is 0.719. The van der Waals surface area contributed by atoms with Gasteiger partial charge in [-0.15, -0.1) is 42.0 Å². The Morgan fingerprint density at radius 3 is 1.60 bits per heavy atom. The summed E-state index contributed by atoms with van der Waals surface area (Å²) in [5, 5.41) is 0. The number of carbonyl (C=O) groups excluding carboxylic acids is 1. The van der Waals surface area contributed by atoms with Crippen molar-refractivity contribution in [2.75, 3.05) is 0 Å². The molecule has 0 aromatic heterocycles. The van der Waals surface area contributed by atoms with Crippen molar-refractivity contribution in [3.8, 4) is 0 Å². The average molecular weight is 312 g/mol. The van der Waals surface area contributed by atoms with Gasteiger partial charge in [0.25, 0.3) is 0 Å². The topological polar surface area (TPSA) is 96.7 Å². The zero-order valence-electron chi connectivity index (χ0n) is 10.4. The van der Waals surface area contributed by atoms with E-state index in [1.165, 1.54) is 13.0 Å². The van der Waals surface area contributed by atoms with E-state index in [2.05, 4.69) is 32.7 Å². The second-order valence-corrected chi connectivity index (χ2v) is 2.27. The predicted molar refractivity (Wildman–Crippen MR) is 59.8 cm³/mol. The van der Waals surface area contributed by atoms with Gasteiger partial charge in [-0.1, -0.05) is 6.07 Å². The van der Waals surface area contributed by atoms with Gasteiger partial charge in [-0.05, 0) is 6.92 Å². The number of benzene rings is 1. The van der Waals surface area contributed by atoms with Crippen LogP contribution < -0.4 is 0 Å². The summed E-state index contributed by atoms with van der Waals surface area (Å²) in [4.78, 5) is 10.5. The van der Waals surface area contributed by atoms with Crippen LogP contribution in [0.5, 0.6) is 0 Å². The van der Waals surface area contributed by atoms with Crippen molar-refractivity contribution in [3.63, 3.8) is 0 Å². The van der Waals surface area contributed by atoms with Crippen LogP contribution in [0.2, 0.25) is 0 Å². The molecule has 1 aromatic rings. The Balaban J connectivity index is -0.0000000722. The average Bonchev–Trinajstić information content (AvgIpc) is 2.54. The largest absolute Gasteiger partial charge is 0 e. The maximum atomic E-state index is 10.5. The van der Waals surface area contributed by atoms with E-state index in [-0.39, 0.29) is 22.9 Å². The predicted octanol–water partition coefficient (Wildman–Crippen LogP) is 1.83. The molecule has 1 aromatic carbocycles.